The van der Waals surface area contributed by atoms with E-state index in [4.69, 9.17) is 22.1 Å². The molecule has 0 saturated carbocycles. The van der Waals surface area contributed by atoms with Crippen molar-refractivity contribution in [3.8, 4) is 5.75 Å². The fourth-order valence-electron chi connectivity index (χ4n) is 1.92. The Bertz CT molecular complexity index is 724. The number of nitrogens with one attached hydrogen (secondary N) is 1. The number of benzene rings is 1. The van der Waals surface area contributed by atoms with Gasteiger partial charge < -0.3 is 15.8 Å². The molecule has 8 heteroatoms. The predicted molar refractivity (Wildman–Crippen MR) is 88.1 cm³/mol. The lowest BCUT2D eigenvalue weighted by atomic mass is 10.1. The molecule has 0 unspecified atom stereocenters. The molecule has 1 heterocycles. The second-order valence-corrected chi connectivity index (χ2v) is 5.75. The summed E-state index contributed by atoms with van der Waals surface area (Å²) in [7, 11) is 1.54. The van der Waals surface area contributed by atoms with Crippen molar-refractivity contribution in [3.63, 3.8) is 0 Å². The van der Waals surface area contributed by atoms with Crippen LogP contribution in [-0.2, 0) is 6.61 Å². The molecule has 2 aromatic rings. The molecule has 0 aliphatic heterocycles. The SMILES string of the molecule is CNC(=O)c1c(C)nc(N)nc1COc1ccc(Br)cc1Cl. The first-order chi connectivity index (χ1) is 10.4. The first kappa shape index (κ1) is 16.5. The van der Waals surface area contributed by atoms with Gasteiger partial charge in [0.15, 0.2) is 0 Å². The van der Waals surface area contributed by atoms with Gasteiger partial charge >= 0.3 is 0 Å². The highest BCUT2D eigenvalue weighted by Crippen LogP contribution is 2.28. The van der Waals surface area contributed by atoms with Crippen LogP contribution in [0.3, 0.4) is 0 Å². The summed E-state index contributed by atoms with van der Waals surface area (Å²) in [5, 5.41) is 3.00. The predicted octanol–water partition coefficient (Wildman–Crippen LogP) is 2.72. The number of nitrogen functional groups attached to an aromatic ring is 1. The molecule has 6 nitrogen and oxygen atoms in total. The number of aryl methyl sites for hydroxylation is 1. The van der Waals surface area contributed by atoms with Crippen molar-refractivity contribution in [2.45, 2.75) is 13.5 Å². The minimum atomic E-state index is -0.294. The minimum absolute atomic E-state index is 0.0532. The summed E-state index contributed by atoms with van der Waals surface area (Å²) in [6.45, 7) is 1.75. The van der Waals surface area contributed by atoms with E-state index >= 15 is 0 Å². The Morgan fingerprint density at radius 1 is 1.45 bits per heavy atom. The minimum Gasteiger partial charge on any atom is -0.486 e. The first-order valence-corrected chi connectivity index (χ1v) is 7.52. The third-order valence-electron chi connectivity index (χ3n) is 2.89. The van der Waals surface area contributed by atoms with Gasteiger partial charge in [-0.2, -0.15) is 0 Å². The van der Waals surface area contributed by atoms with E-state index in [1.54, 1.807) is 25.1 Å². The van der Waals surface area contributed by atoms with Gasteiger partial charge in [-0.3, -0.25) is 4.79 Å². The van der Waals surface area contributed by atoms with E-state index in [-0.39, 0.29) is 18.5 Å². The number of hydrogen-bond acceptors (Lipinski definition) is 5. The van der Waals surface area contributed by atoms with Crippen LogP contribution in [0.1, 0.15) is 21.7 Å². The molecule has 3 N–H and O–H groups in total. The lowest BCUT2D eigenvalue weighted by Crippen LogP contribution is -2.23. The summed E-state index contributed by atoms with van der Waals surface area (Å²) in [6, 6.07) is 5.25. The first-order valence-electron chi connectivity index (χ1n) is 6.35. The Kier molecular flexibility index (Phi) is 5.20. The van der Waals surface area contributed by atoms with Gasteiger partial charge in [0.1, 0.15) is 12.4 Å². The van der Waals surface area contributed by atoms with E-state index in [1.165, 1.54) is 7.05 Å². The van der Waals surface area contributed by atoms with Crippen LogP contribution in [0.2, 0.25) is 5.02 Å². The maximum atomic E-state index is 12.0. The Balaban J connectivity index is 2.30. The van der Waals surface area contributed by atoms with Crippen LogP contribution < -0.4 is 15.8 Å². The fourth-order valence-corrected chi connectivity index (χ4v) is 2.65. The molecule has 0 spiro atoms. The van der Waals surface area contributed by atoms with Gasteiger partial charge in [0.25, 0.3) is 5.91 Å². The number of amides is 1. The van der Waals surface area contributed by atoms with Crippen molar-refractivity contribution < 1.29 is 9.53 Å². The molecule has 116 valence electrons. The summed E-state index contributed by atoms with van der Waals surface area (Å²) in [6.07, 6.45) is 0. The van der Waals surface area contributed by atoms with E-state index in [2.05, 4.69) is 31.2 Å². The molecule has 1 amide bonds. The molecule has 0 saturated heterocycles. The number of carbonyl (C=O) groups excluding carboxylic acids is 1. The van der Waals surface area contributed by atoms with Crippen LogP contribution in [0.5, 0.6) is 5.75 Å². The molecule has 1 aromatic heterocycles. The molecule has 0 radical (unpaired) electrons. The van der Waals surface area contributed by atoms with Crippen molar-refractivity contribution >= 4 is 39.4 Å². The summed E-state index contributed by atoms with van der Waals surface area (Å²) in [4.78, 5) is 20.1. The maximum absolute atomic E-state index is 12.0. The average Bonchev–Trinajstić information content (AvgIpc) is 2.45. The number of hydrogen-bond donors (Lipinski definition) is 2. The molecule has 2 rings (SSSR count). The van der Waals surface area contributed by atoms with Gasteiger partial charge in [-0.1, -0.05) is 27.5 Å². The zero-order valence-electron chi connectivity index (χ0n) is 12.0. The van der Waals surface area contributed by atoms with Crippen LogP contribution >= 0.6 is 27.5 Å². The van der Waals surface area contributed by atoms with Crippen LogP contribution in [0.25, 0.3) is 0 Å². The summed E-state index contributed by atoms with van der Waals surface area (Å²) >= 11 is 9.42. The molecule has 0 bridgehead atoms. The second-order valence-electron chi connectivity index (χ2n) is 4.43. The molecule has 0 fully saturated rings. The largest absolute Gasteiger partial charge is 0.486 e. The van der Waals surface area contributed by atoms with Crippen molar-refractivity contribution in [2.24, 2.45) is 0 Å². The lowest BCUT2D eigenvalue weighted by Gasteiger charge is -2.13. The summed E-state index contributed by atoms with van der Waals surface area (Å²) in [5.41, 5.74) is 6.90. The normalized spacial score (nSPS) is 10.4. The number of anilines is 1. The van der Waals surface area contributed by atoms with Crippen LogP contribution in [0, 0.1) is 6.92 Å². The molecular formula is C14H14BrClN4O2. The number of nitrogens with two attached hydrogens (primary N) is 1. The molecule has 1 aromatic carbocycles. The Morgan fingerprint density at radius 2 is 2.18 bits per heavy atom. The second kappa shape index (κ2) is 6.93. The molecule has 0 aliphatic carbocycles. The Morgan fingerprint density at radius 3 is 2.82 bits per heavy atom. The number of nitrogens with zero attached hydrogens (tertiary/aromatic N) is 2. The zero-order valence-corrected chi connectivity index (χ0v) is 14.3. The number of rotatable bonds is 4. The van der Waals surface area contributed by atoms with Crippen LogP contribution in [0.15, 0.2) is 22.7 Å². The Labute approximate surface area is 141 Å². The van der Waals surface area contributed by atoms with Crippen molar-refractivity contribution in [3.05, 3.63) is 44.6 Å². The standard InChI is InChI=1S/C14H14BrClN4O2/c1-7-12(13(21)18-2)10(20-14(17)19-7)6-22-11-4-3-8(15)5-9(11)16/h3-5H,6H2,1-2H3,(H,18,21)(H2,17,19,20). The van der Waals surface area contributed by atoms with Crippen molar-refractivity contribution in [1.82, 2.24) is 15.3 Å². The molecule has 0 atom stereocenters. The lowest BCUT2D eigenvalue weighted by molar-refractivity contribution is 0.0959. The highest BCUT2D eigenvalue weighted by atomic mass is 79.9. The van der Waals surface area contributed by atoms with Crippen LogP contribution in [-0.4, -0.2) is 22.9 Å². The van der Waals surface area contributed by atoms with Gasteiger partial charge in [0.05, 0.1) is 22.0 Å². The summed E-state index contributed by atoms with van der Waals surface area (Å²) in [5.74, 6) is 0.284. The van der Waals surface area contributed by atoms with Gasteiger partial charge in [-0.15, -0.1) is 0 Å². The quantitative estimate of drug-likeness (QED) is 0.844. The summed E-state index contributed by atoms with van der Waals surface area (Å²) < 4.78 is 6.49. The third kappa shape index (κ3) is 3.66. The van der Waals surface area contributed by atoms with Gasteiger partial charge in [0, 0.05) is 11.5 Å². The number of halogens is 2. The van der Waals surface area contributed by atoms with E-state index in [9.17, 15) is 4.79 Å². The smallest absolute Gasteiger partial charge is 0.254 e. The number of aromatic nitrogens is 2. The molecule has 22 heavy (non-hydrogen) atoms. The fraction of sp³-hybridized carbons (Fsp3) is 0.214. The Hall–Kier alpha value is -1.86. The zero-order chi connectivity index (χ0) is 16.3. The highest BCUT2D eigenvalue weighted by Gasteiger charge is 2.18. The number of carbonyl (C=O) groups is 1. The third-order valence-corrected chi connectivity index (χ3v) is 3.68. The average molecular weight is 386 g/mol. The number of ether oxygens (including phenoxy) is 1. The topological polar surface area (TPSA) is 90.1 Å². The molecule has 0 aliphatic rings. The van der Waals surface area contributed by atoms with Crippen LogP contribution in [0.4, 0.5) is 5.95 Å². The monoisotopic (exact) mass is 384 g/mol. The highest BCUT2D eigenvalue weighted by molar-refractivity contribution is 9.10. The van der Waals surface area contributed by atoms with E-state index in [0.29, 0.717) is 27.7 Å². The van der Waals surface area contributed by atoms with E-state index in [1.807, 2.05) is 0 Å². The van der Waals surface area contributed by atoms with Gasteiger partial charge in [-0.25, -0.2) is 9.97 Å². The van der Waals surface area contributed by atoms with Gasteiger partial charge in [0.2, 0.25) is 5.95 Å². The van der Waals surface area contributed by atoms with E-state index < -0.39 is 0 Å². The maximum Gasteiger partial charge on any atom is 0.254 e. The van der Waals surface area contributed by atoms with Crippen molar-refractivity contribution in [1.29, 1.82) is 0 Å². The van der Waals surface area contributed by atoms with E-state index in [0.717, 1.165) is 4.47 Å². The van der Waals surface area contributed by atoms with Crippen molar-refractivity contribution in [2.75, 3.05) is 12.8 Å². The van der Waals surface area contributed by atoms with Gasteiger partial charge in [-0.05, 0) is 25.1 Å². The molecular weight excluding hydrogens is 372 g/mol.